The Kier molecular flexibility index (Phi) is 22.1. The van der Waals surface area contributed by atoms with Gasteiger partial charge < -0.3 is 40.1 Å². The number of amides is 2. The highest BCUT2D eigenvalue weighted by molar-refractivity contribution is 5.92. The van der Waals surface area contributed by atoms with Crippen LogP contribution in [-0.2, 0) is 43.6 Å². The number of carboxylic acid groups (broad SMARTS) is 4. The van der Waals surface area contributed by atoms with Crippen molar-refractivity contribution in [1.29, 1.82) is 0 Å². The Morgan fingerprint density at radius 1 is 0.625 bits per heavy atom. The number of hydrogen-bond donors (Lipinski definition) is 5. The van der Waals surface area contributed by atoms with Gasteiger partial charge in [-0.05, 0) is 84.9 Å². The number of carboxylic acids is 4. The summed E-state index contributed by atoms with van der Waals surface area (Å²) in [5, 5.41) is 51.3. The minimum absolute atomic E-state index is 0.00391. The van der Waals surface area contributed by atoms with Crippen LogP contribution < -0.4 is 14.8 Å². The van der Waals surface area contributed by atoms with Crippen LogP contribution in [0.5, 0.6) is 11.5 Å². The van der Waals surface area contributed by atoms with E-state index in [2.05, 4.69) is 29.4 Å². The fourth-order valence-corrected chi connectivity index (χ4v) is 10.3. The van der Waals surface area contributed by atoms with Crippen molar-refractivity contribution in [2.75, 3.05) is 91.6 Å². The third kappa shape index (κ3) is 17.4. The number of nitrogens with zero attached hydrogens (tertiary/aromatic N) is 8. The first-order valence-electron chi connectivity index (χ1n) is 27.5. The summed E-state index contributed by atoms with van der Waals surface area (Å²) in [7, 11) is 0. The van der Waals surface area contributed by atoms with Crippen LogP contribution in [0.15, 0.2) is 97.1 Å². The molecular weight excluding hydrogens is 1030 g/mol. The van der Waals surface area contributed by atoms with E-state index in [0.717, 1.165) is 41.5 Å². The van der Waals surface area contributed by atoms with E-state index in [1.165, 1.54) is 0 Å². The summed E-state index contributed by atoms with van der Waals surface area (Å²) in [6.07, 6.45) is 2.17. The smallest absolute Gasteiger partial charge is 0.320 e. The summed E-state index contributed by atoms with van der Waals surface area (Å²) in [5.74, 6) is -2.91. The van der Waals surface area contributed by atoms with Crippen molar-refractivity contribution in [2.45, 2.75) is 78.0 Å². The highest BCUT2D eigenvalue weighted by atomic mass is 16.5. The predicted molar refractivity (Wildman–Crippen MR) is 298 cm³/mol. The summed E-state index contributed by atoms with van der Waals surface area (Å²) in [6.45, 7) is 8.46. The van der Waals surface area contributed by atoms with Gasteiger partial charge in [-0.15, -0.1) is 10.2 Å². The van der Waals surface area contributed by atoms with Crippen LogP contribution in [0, 0.1) is 5.92 Å². The van der Waals surface area contributed by atoms with Gasteiger partial charge in [-0.1, -0.05) is 86.6 Å². The van der Waals surface area contributed by atoms with E-state index in [1.807, 2.05) is 104 Å². The van der Waals surface area contributed by atoms with Crippen LogP contribution in [0.25, 0.3) is 17.1 Å². The molecule has 2 aliphatic rings. The van der Waals surface area contributed by atoms with E-state index in [0.29, 0.717) is 54.8 Å². The van der Waals surface area contributed by atoms with E-state index in [-0.39, 0.29) is 121 Å². The van der Waals surface area contributed by atoms with Crippen molar-refractivity contribution < 1.29 is 58.7 Å². The lowest BCUT2D eigenvalue weighted by atomic mass is 9.90. The Hall–Kier alpha value is -7.72. The molecule has 0 spiro atoms. The maximum absolute atomic E-state index is 13.8. The molecule has 21 nitrogen and oxygen atoms in total. The summed E-state index contributed by atoms with van der Waals surface area (Å²) in [5.41, 5.74) is 5.30. The molecule has 0 unspecified atom stereocenters. The minimum Gasteiger partial charge on any atom is -0.488 e. The van der Waals surface area contributed by atoms with Crippen molar-refractivity contribution in [3.8, 4) is 28.6 Å². The first-order chi connectivity index (χ1) is 38.5. The van der Waals surface area contributed by atoms with Crippen LogP contribution in [0.2, 0.25) is 0 Å². The van der Waals surface area contributed by atoms with Crippen molar-refractivity contribution in [1.82, 2.24) is 44.6 Å². The Morgan fingerprint density at radius 2 is 1.14 bits per heavy atom. The van der Waals surface area contributed by atoms with Gasteiger partial charge in [0.05, 0.1) is 25.2 Å². The highest BCUT2D eigenvalue weighted by Gasteiger charge is 2.31. The lowest BCUT2D eigenvalue weighted by Crippen LogP contribution is -2.52. The highest BCUT2D eigenvalue weighted by Crippen LogP contribution is 2.40. The average Bonchev–Trinajstić information content (AvgIpc) is 3.92. The van der Waals surface area contributed by atoms with E-state index in [1.54, 1.807) is 29.1 Å². The number of piperidine rings is 1. The molecule has 3 heterocycles. The van der Waals surface area contributed by atoms with Crippen LogP contribution in [-0.4, -0.2) is 193 Å². The van der Waals surface area contributed by atoms with Gasteiger partial charge in [-0.2, -0.15) is 0 Å². The Morgan fingerprint density at radius 3 is 1.62 bits per heavy atom. The second-order valence-electron chi connectivity index (χ2n) is 20.8. The summed E-state index contributed by atoms with van der Waals surface area (Å²) in [4.78, 5) is 83.9. The predicted octanol–water partition coefficient (Wildman–Crippen LogP) is 5.46. The van der Waals surface area contributed by atoms with Gasteiger partial charge in [-0.3, -0.25) is 52.9 Å². The summed E-state index contributed by atoms with van der Waals surface area (Å²) < 4.78 is 14.8. The molecule has 4 aromatic carbocycles. The molecular formula is C59H75N9O12. The molecule has 5 N–H and O–H groups in total. The molecule has 5 aromatic rings. The Balaban J connectivity index is 1.03. The molecule has 0 radical (unpaired) electrons. The third-order valence-corrected chi connectivity index (χ3v) is 14.6. The van der Waals surface area contributed by atoms with Gasteiger partial charge in [0.15, 0.2) is 5.82 Å². The molecule has 1 atom stereocenters. The number of nitrogens with one attached hydrogen (secondary N) is 1. The van der Waals surface area contributed by atoms with E-state index in [4.69, 9.17) is 9.47 Å². The SMILES string of the molecule is CCNC(=O)c1nnc(-c2cc(C(C)C)c(OCc3ccccc3)cc2OCc2ccccc2)n1-c1ccc(CC2CCN(C(=O)CC[C@H](C(=O)O)N3CCN(CC(=O)O)CCN(CC(=O)O)CCN(CC(=O)O)CC3)CC2)cc1. The number of carbonyl (C=O) groups excluding carboxylic acids is 2. The number of aliphatic carboxylic acids is 4. The lowest BCUT2D eigenvalue weighted by molar-refractivity contribution is -0.145. The number of likely N-dealkylation sites (tertiary alicyclic amines) is 1. The fraction of sp³-hybridized carbons (Fsp3) is 0.458. The topological polar surface area (TPSA) is 261 Å². The number of benzene rings is 4. The van der Waals surface area contributed by atoms with E-state index in [9.17, 15) is 49.2 Å². The third-order valence-electron chi connectivity index (χ3n) is 14.6. The molecule has 2 saturated heterocycles. The van der Waals surface area contributed by atoms with Gasteiger partial charge in [-0.25, -0.2) is 0 Å². The molecule has 21 heteroatoms. The molecule has 1 aromatic heterocycles. The van der Waals surface area contributed by atoms with Crippen LogP contribution in [0.4, 0.5) is 0 Å². The van der Waals surface area contributed by atoms with Gasteiger partial charge in [0, 0.05) is 90.2 Å². The Bertz CT molecular complexity index is 2830. The first kappa shape index (κ1) is 59.9. The van der Waals surface area contributed by atoms with E-state index < -0.39 is 29.9 Å². The zero-order chi connectivity index (χ0) is 57.1. The van der Waals surface area contributed by atoms with Crippen molar-refractivity contribution in [3.05, 3.63) is 125 Å². The average molecular weight is 1100 g/mol. The number of rotatable bonds is 24. The number of carbonyl (C=O) groups is 6. The number of ether oxygens (including phenoxy) is 2. The molecule has 428 valence electrons. The molecule has 0 aliphatic carbocycles. The first-order valence-corrected chi connectivity index (χ1v) is 27.5. The van der Waals surface area contributed by atoms with Crippen molar-refractivity contribution in [2.24, 2.45) is 5.92 Å². The standard InChI is InChI=1S/C59H75N9O12/c1-4-60-58(76)57-62-61-56(48-34-47(41(2)3)50(79-39-44-11-7-5-8-12-44)35-51(48)80-40-45-13-9-6-10-14-45)68(57)46-17-15-42(16-18-46)33-43-21-23-67(24-22-43)52(69)20-19-49(59(77)78)66-31-29-64(37-54(72)73)27-25-63(36-53(70)71)26-28-65(30-32-66)38-55(74)75/h5-18,34-35,41,43,49H,4,19-33,36-40H2,1-3H3,(H,60,76)(H,70,71)(H,72,73)(H,74,75)(H,77,78)/t49-/m1/s1. The molecule has 7 rings (SSSR count). The maximum Gasteiger partial charge on any atom is 0.320 e. The zero-order valence-electron chi connectivity index (χ0n) is 46.0. The van der Waals surface area contributed by atoms with Gasteiger partial charge in [0.2, 0.25) is 11.7 Å². The second-order valence-corrected chi connectivity index (χ2v) is 20.8. The van der Waals surface area contributed by atoms with E-state index >= 15 is 0 Å². The van der Waals surface area contributed by atoms with Gasteiger partial charge in [0.1, 0.15) is 30.8 Å². The normalized spacial score (nSPS) is 16.1. The van der Waals surface area contributed by atoms with Crippen LogP contribution in [0.3, 0.4) is 0 Å². The second kappa shape index (κ2) is 29.5. The van der Waals surface area contributed by atoms with Crippen molar-refractivity contribution in [3.63, 3.8) is 0 Å². The molecule has 2 aliphatic heterocycles. The molecule has 0 bridgehead atoms. The molecule has 0 saturated carbocycles. The summed E-state index contributed by atoms with van der Waals surface area (Å²) in [6, 6.07) is 30.6. The number of hydrogen-bond acceptors (Lipinski definition) is 14. The fourth-order valence-electron chi connectivity index (χ4n) is 10.3. The quantitative estimate of drug-likeness (QED) is 0.0514. The number of aromatic nitrogens is 3. The zero-order valence-corrected chi connectivity index (χ0v) is 46.0. The summed E-state index contributed by atoms with van der Waals surface area (Å²) >= 11 is 0. The lowest BCUT2D eigenvalue weighted by Gasteiger charge is -2.36. The van der Waals surface area contributed by atoms with Crippen LogP contribution >= 0.6 is 0 Å². The van der Waals surface area contributed by atoms with Gasteiger partial charge >= 0.3 is 23.9 Å². The monoisotopic (exact) mass is 1100 g/mol. The van der Waals surface area contributed by atoms with Crippen molar-refractivity contribution >= 4 is 35.7 Å². The molecule has 80 heavy (non-hydrogen) atoms. The largest absolute Gasteiger partial charge is 0.488 e. The molecule has 2 fully saturated rings. The maximum atomic E-state index is 13.8. The van der Waals surface area contributed by atoms with Gasteiger partial charge in [0.25, 0.3) is 5.91 Å². The van der Waals surface area contributed by atoms with Crippen LogP contribution in [0.1, 0.15) is 85.2 Å². The molecule has 2 amide bonds. The minimum atomic E-state index is -1.14. The Labute approximate surface area is 466 Å².